The van der Waals surface area contributed by atoms with Gasteiger partial charge in [-0.3, -0.25) is 4.79 Å². The summed E-state index contributed by atoms with van der Waals surface area (Å²) in [5.41, 5.74) is 7.92. The Kier molecular flexibility index (Phi) is 4.93. The zero-order chi connectivity index (χ0) is 16.2. The number of aromatic nitrogens is 1. The number of carbonyl (C=O) groups is 1. The molecule has 0 unspecified atom stereocenters. The van der Waals surface area contributed by atoms with Gasteiger partial charge in [0.1, 0.15) is 10.7 Å². The first-order chi connectivity index (χ1) is 11.2. The van der Waals surface area contributed by atoms with Crippen molar-refractivity contribution in [3.63, 3.8) is 0 Å². The zero-order valence-electron chi connectivity index (χ0n) is 13.3. The highest BCUT2D eigenvalue weighted by molar-refractivity contribution is 7.09. The second-order valence-corrected chi connectivity index (χ2v) is 6.95. The highest BCUT2D eigenvalue weighted by Gasteiger charge is 2.17. The molecule has 23 heavy (non-hydrogen) atoms. The van der Waals surface area contributed by atoms with Crippen molar-refractivity contribution in [3.8, 4) is 0 Å². The molecule has 2 heterocycles. The second-order valence-electron chi connectivity index (χ2n) is 6.00. The minimum Gasteiger partial charge on any atom is -0.371 e. The Hall–Kier alpha value is -1.92. The molecule has 0 aliphatic carbocycles. The molecule has 1 amide bonds. The maximum atomic E-state index is 12.3. The number of piperidine rings is 1. The van der Waals surface area contributed by atoms with Gasteiger partial charge in [-0.25, -0.2) is 4.98 Å². The molecule has 1 aromatic heterocycles. The van der Waals surface area contributed by atoms with Crippen molar-refractivity contribution in [2.75, 3.05) is 23.3 Å². The zero-order valence-corrected chi connectivity index (χ0v) is 14.1. The van der Waals surface area contributed by atoms with Crippen LogP contribution in [0.25, 0.3) is 0 Å². The van der Waals surface area contributed by atoms with Crippen molar-refractivity contribution < 1.29 is 4.79 Å². The normalized spacial score (nSPS) is 15.7. The summed E-state index contributed by atoms with van der Waals surface area (Å²) in [6.07, 6.45) is 2.44. The number of benzene rings is 1. The lowest BCUT2D eigenvalue weighted by molar-refractivity contribution is 0.102. The number of rotatable bonds is 4. The fourth-order valence-electron chi connectivity index (χ4n) is 2.75. The van der Waals surface area contributed by atoms with Crippen LogP contribution < -0.4 is 16.0 Å². The first kappa shape index (κ1) is 16.0. The Labute approximate surface area is 140 Å². The van der Waals surface area contributed by atoms with Gasteiger partial charge >= 0.3 is 0 Å². The first-order valence-electron chi connectivity index (χ1n) is 7.96. The van der Waals surface area contributed by atoms with Gasteiger partial charge in [-0.1, -0.05) is 13.0 Å². The van der Waals surface area contributed by atoms with Crippen LogP contribution in [0.1, 0.15) is 35.3 Å². The summed E-state index contributed by atoms with van der Waals surface area (Å²) in [5.74, 6) is 0.612. The molecule has 1 fully saturated rings. The van der Waals surface area contributed by atoms with E-state index in [2.05, 4.69) is 28.2 Å². The molecule has 3 N–H and O–H groups in total. The van der Waals surface area contributed by atoms with E-state index in [1.807, 2.05) is 18.2 Å². The highest BCUT2D eigenvalue weighted by Crippen LogP contribution is 2.25. The first-order valence-corrected chi connectivity index (χ1v) is 8.84. The van der Waals surface area contributed by atoms with Gasteiger partial charge in [0.25, 0.3) is 5.91 Å². The third-order valence-electron chi connectivity index (χ3n) is 4.21. The molecule has 0 spiro atoms. The Balaban J connectivity index is 1.68. The summed E-state index contributed by atoms with van der Waals surface area (Å²) in [7, 11) is 0. The van der Waals surface area contributed by atoms with Crippen molar-refractivity contribution in [2.24, 2.45) is 11.7 Å². The van der Waals surface area contributed by atoms with Crippen LogP contribution in [0.5, 0.6) is 0 Å². The van der Waals surface area contributed by atoms with Crippen LogP contribution in [0.4, 0.5) is 11.4 Å². The SMILES string of the molecule is CC1CCN(c2cccc(NC(=O)c3csc(CN)n3)c2)CC1. The van der Waals surface area contributed by atoms with E-state index < -0.39 is 0 Å². The molecule has 2 aromatic rings. The second kappa shape index (κ2) is 7.10. The number of amides is 1. The average Bonchev–Trinajstić information content (AvgIpc) is 3.05. The molecular weight excluding hydrogens is 308 g/mol. The van der Waals surface area contributed by atoms with Crippen LogP contribution in [0, 0.1) is 5.92 Å². The van der Waals surface area contributed by atoms with E-state index in [-0.39, 0.29) is 5.91 Å². The maximum absolute atomic E-state index is 12.3. The van der Waals surface area contributed by atoms with Gasteiger partial charge in [0.2, 0.25) is 0 Å². The molecule has 1 aliphatic heterocycles. The predicted octanol–water partition coefficient (Wildman–Crippen LogP) is 3.09. The lowest BCUT2D eigenvalue weighted by atomic mass is 9.99. The van der Waals surface area contributed by atoms with E-state index >= 15 is 0 Å². The Morgan fingerprint density at radius 2 is 2.22 bits per heavy atom. The van der Waals surface area contributed by atoms with Crippen molar-refractivity contribution in [1.82, 2.24) is 4.98 Å². The van der Waals surface area contributed by atoms with Crippen LogP contribution >= 0.6 is 11.3 Å². The summed E-state index contributed by atoms with van der Waals surface area (Å²) in [4.78, 5) is 18.8. The summed E-state index contributed by atoms with van der Waals surface area (Å²) < 4.78 is 0. The van der Waals surface area contributed by atoms with Crippen molar-refractivity contribution in [2.45, 2.75) is 26.3 Å². The molecular formula is C17H22N4OS. The lowest BCUT2D eigenvalue weighted by Crippen LogP contribution is -2.32. The molecule has 0 atom stereocenters. The fourth-order valence-corrected chi connectivity index (χ4v) is 3.41. The van der Waals surface area contributed by atoms with Gasteiger partial charge in [0.05, 0.1) is 0 Å². The minimum absolute atomic E-state index is 0.189. The molecule has 0 radical (unpaired) electrons. The monoisotopic (exact) mass is 330 g/mol. The van der Waals surface area contributed by atoms with Gasteiger partial charge < -0.3 is 16.0 Å². The molecule has 6 heteroatoms. The largest absolute Gasteiger partial charge is 0.371 e. The lowest BCUT2D eigenvalue weighted by Gasteiger charge is -2.32. The smallest absolute Gasteiger partial charge is 0.275 e. The number of anilines is 2. The molecule has 0 saturated carbocycles. The summed E-state index contributed by atoms with van der Waals surface area (Å²) in [5, 5.41) is 5.43. The van der Waals surface area contributed by atoms with E-state index in [9.17, 15) is 4.79 Å². The van der Waals surface area contributed by atoms with Crippen LogP contribution in [-0.2, 0) is 6.54 Å². The maximum Gasteiger partial charge on any atom is 0.275 e. The number of thiazole rings is 1. The Morgan fingerprint density at radius 1 is 1.43 bits per heavy atom. The van der Waals surface area contributed by atoms with Gasteiger partial charge in [-0.05, 0) is 37.0 Å². The van der Waals surface area contributed by atoms with E-state index in [4.69, 9.17) is 5.73 Å². The quantitative estimate of drug-likeness (QED) is 0.904. The van der Waals surface area contributed by atoms with Crippen LogP contribution in [-0.4, -0.2) is 24.0 Å². The van der Waals surface area contributed by atoms with E-state index in [0.29, 0.717) is 12.2 Å². The van der Waals surface area contributed by atoms with Gasteiger partial charge in [0.15, 0.2) is 0 Å². The van der Waals surface area contributed by atoms with Crippen molar-refractivity contribution in [1.29, 1.82) is 0 Å². The standard InChI is InChI=1S/C17H22N4OS/c1-12-5-7-21(8-6-12)14-4-2-3-13(9-14)19-17(22)15-11-23-16(10-18)20-15/h2-4,9,11-12H,5-8,10,18H2,1H3,(H,19,22). The third-order valence-corrected chi connectivity index (χ3v) is 5.08. The number of hydrogen-bond acceptors (Lipinski definition) is 5. The number of nitrogens with zero attached hydrogens (tertiary/aromatic N) is 2. The van der Waals surface area contributed by atoms with E-state index in [1.165, 1.54) is 24.2 Å². The van der Waals surface area contributed by atoms with E-state index in [1.54, 1.807) is 5.38 Å². The predicted molar refractivity (Wildman–Crippen MR) is 95.0 cm³/mol. The Morgan fingerprint density at radius 3 is 2.91 bits per heavy atom. The number of carbonyl (C=O) groups excluding carboxylic acids is 1. The van der Waals surface area contributed by atoms with Crippen LogP contribution in [0.15, 0.2) is 29.6 Å². The third kappa shape index (κ3) is 3.89. The molecule has 5 nitrogen and oxygen atoms in total. The topological polar surface area (TPSA) is 71.2 Å². The highest BCUT2D eigenvalue weighted by atomic mass is 32.1. The van der Waals surface area contributed by atoms with E-state index in [0.717, 1.165) is 35.4 Å². The average molecular weight is 330 g/mol. The van der Waals surface area contributed by atoms with Gasteiger partial charge in [-0.2, -0.15) is 0 Å². The molecule has 0 bridgehead atoms. The fraction of sp³-hybridized carbons (Fsp3) is 0.412. The molecule has 3 rings (SSSR count). The van der Waals surface area contributed by atoms with Crippen LogP contribution in [0.2, 0.25) is 0 Å². The number of hydrogen-bond donors (Lipinski definition) is 2. The van der Waals surface area contributed by atoms with Crippen molar-refractivity contribution >= 4 is 28.6 Å². The molecule has 122 valence electrons. The molecule has 1 saturated heterocycles. The summed E-state index contributed by atoms with van der Waals surface area (Å²) in [6, 6.07) is 8.02. The van der Waals surface area contributed by atoms with Crippen LogP contribution in [0.3, 0.4) is 0 Å². The van der Waals surface area contributed by atoms with Crippen molar-refractivity contribution in [3.05, 3.63) is 40.3 Å². The summed E-state index contributed by atoms with van der Waals surface area (Å²) in [6.45, 7) is 4.81. The number of nitrogens with one attached hydrogen (secondary N) is 1. The summed E-state index contributed by atoms with van der Waals surface area (Å²) >= 11 is 1.41. The number of nitrogens with two attached hydrogens (primary N) is 1. The van der Waals surface area contributed by atoms with Gasteiger partial charge in [0, 0.05) is 36.4 Å². The molecule has 1 aliphatic rings. The van der Waals surface area contributed by atoms with Gasteiger partial charge in [-0.15, -0.1) is 11.3 Å². The Bertz CT molecular complexity index is 677. The molecule has 1 aromatic carbocycles. The minimum atomic E-state index is -0.189.